The minimum absolute atomic E-state index is 0.211. The van der Waals surface area contributed by atoms with Gasteiger partial charge in [0, 0.05) is 0 Å². The molecule has 0 unspecified atom stereocenters. The molecule has 1 amide bonds. The van der Waals surface area contributed by atoms with Gasteiger partial charge in [0.05, 0.1) is 0 Å². The minimum atomic E-state index is -0.211. The first-order valence-electron chi connectivity index (χ1n) is 3.40. The molecule has 3 nitrogen and oxygen atoms in total. The summed E-state index contributed by atoms with van der Waals surface area (Å²) in [5.74, 6) is -0.211. The van der Waals surface area contributed by atoms with Crippen LogP contribution in [-0.4, -0.2) is 39.1 Å². The summed E-state index contributed by atoms with van der Waals surface area (Å²) in [6.45, 7) is 1.92. The number of nitrogens with two attached hydrogens (primary N) is 1. The number of amides is 1. The largest absolute Gasteiger partial charge is 0.379 e. The molecule has 0 aromatic heterocycles. The Labute approximate surface area is 63.8 Å². The fraction of sp³-hybridized carbons (Fsp3) is 0.833. The number of nitrogens with zero attached hydrogens (tertiary/aromatic N) is 1. The molecule has 0 saturated heterocycles. The van der Waals surface area contributed by atoms with Gasteiger partial charge in [-0.15, -0.1) is 0 Å². The number of rotatable bonds is 2. The first kappa shape index (κ1) is 12.2. The van der Waals surface area contributed by atoms with Gasteiger partial charge in [0.2, 0.25) is 7.28 Å². The molecule has 4 heteroatoms. The van der Waals surface area contributed by atoms with Crippen molar-refractivity contribution in [1.29, 1.82) is 0 Å². The summed E-state index contributed by atoms with van der Waals surface area (Å²) in [7, 11) is 6.51. The lowest BCUT2D eigenvalue weighted by molar-refractivity contribution is 0.265. The molecule has 0 rings (SSSR count). The Hall–Kier alpha value is -0.505. The summed E-state index contributed by atoms with van der Waals surface area (Å²) >= 11 is 0. The lowest BCUT2D eigenvalue weighted by Gasteiger charge is -1.90. The van der Waals surface area contributed by atoms with E-state index in [0.29, 0.717) is 7.28 Å². The second kappa shape index (κ2) is 8.49. The average molecular weight is 144 g/mol. The third-order valence-corrected chi connectivity index (χ3v) is 0.496. The molecule has 0 bridgehead atoms. The molecule has 0 saturated carbocycles. The van der Waals surface area contributed by atoms with Crippen LogP contribution in [0.25, 0.3) is 0 Å². The minimum Gasteiger partial charge on any atom is -0.379 e. The number of carbonyl (C=O) groups excluding carboxylic acids is 1. The van der Waals surface area contributed by atoms with Crippen molar-refractivity contribution in [3.63, 3.8) is 0 Å². The van der Waals surface area contributed by atoms with Crippen molar-refractivity contribution in [2.45, 2.75) is 13.2 Å². The van der Waals surface area contributed by atoms with E-state index in [-0.39, 0.29) is 5.81 Å². The van der Waals surface area contributed by atoms with Gasteiger partial charge in [-0.2, -0.15) is 0 Å². The topological polar surface area (TPSA) is 46.3 Å². The van der Waals surface area contributed by atoms with E-state index in [1.54, 1.807) is 0 Å². The second-order valence-electron chi connectivity index (χ2n) is 2.56. The lowest BCUT2D eigenvalue weighted by Crippen LogP contribution is -2.15. The Kier molecular flexibility index (Phi) is 10.4. The Balaban J connectivity index is 0. The van der Waals surface area contributed by atoms with Gasteiger partial charge in [-0.3, -0.25) is 4.79 Å². The Morgan fingerprint density at radius 2 is 1.80 bits per heavy atom. The monoisotopic (exact) mass is 144 g/mol. The van der Waals surface area contributed by atoms with Crippen LogP contribution in [-0.2, 0) is 0 Å². The molecule has 60 valence electrons. The highest BCUT2D eigenvalue weighted by molar-refractivity contribution is 6.73. The third-order valence-electron chi connectivity index (χ3n) is 0.496. The van der Waals surface area contributed by atoms with Gasteiger partial charge in [-0.05, 0) is 21.1 Å². The van der Waals surface area contributed by atoms with Gasteiger partial charge >= 0.3 is 0 Å². The maximum Gasteiger partial charge on any atom is 0.233 e. The fourth-order valence-electron chi connectivity index (χ4n) is 0.246. The zero-order valence-corrected chi connectivity index (χ0v) is 7.35. The zero-order chi connectivity index (χ0) is 8.57. The number of primary amides is 1. The molecule has 0 aliphatic heterocycles. The molecule has 0 aliphatic carbocycles. The fourth-order valence-corrected chi connectivity index (χ4v) is 0.246. The van der Waals surface area contributed by atoms with E-state index in [1.807, 2.05) is 33.0 Å². The van der Waals surface area contributed by atoms with E-state index in [2.05, 4.69) is 0 Å². The summed E-state index contributed by atoms with van der Waals surface area (Å²) in [5.41, 5.74) is 4.76. The van der Waals surface area contributed by atoms with E-state index in [9.17, 15) is 4.79 Å². The van der Waals surface area contributed by atoms with E-state index in [0.717, 1.165) is 6.32 Å². The summed E-state index contributed by atoms with van der Waals surface area (Å²) in [4.78, 5) is 11.8. The van der Waals surface area contributed by atoms with Crippen LogP contribution < -0.4 is 5.73 Å². The predicted octanol–water partition coefficient (Wildman–Crippen LogP) is 0.118. The van der Waals surface area contributed by atoms with Crippen LogP contribution in [0.5, 0.6) is 0 Å². The summed E-state index contributed by atoms with van der Waals surface area (Å²) < 4.78 is 0. The zero-order valence-electron chi connectivity index (χ0n) is 7.35. The molecule has 0 aromatic rings. The molecule has 10 heavy (non-hydrogen) atoms. The smallest absolute Gasteiger partial charge is 0.233 e. The first-order valence-corrected chi connectivity index (χ1v) is 3.40. The van der Waals surface area contributed by atoms with Crippen LogP contribution in [0.15, 0.2) is 0 Å². The molecule has 0 atom stereocenters. The molecule has 0 spiro atoms. The van der Waals surface area contributed by atoms with Crippen LogP contribution in [0.1, 0.15) is 6.92 Å². The van der Waals surface area contributed by atoms with Gasteiger partial charge < -0.3 is 10.6 Å². The highest BCUT2D eigenvalue weighted by atomic mass is 16.1. The quantitative estimate of drug-likeness (QED) is 0.559. The molecule has 2 N–H and O–H groups in total. The SMILES string of the molecule is CCBC(N)=O.CN(C)C. The van der Waals surface area contributed by atoms with Crippen LogP contribution in [0.2, 0.25) is 6.32 Å². The lowest BCUT2D eigenvalue weighted by atomic mass is 9.75. The van der Waals surface area contributed by atoms with Crippen molar-refractivity contribution in [1.82, 2.24) is 4.90 Å². The highest BCUT2D eigenvalue weighted by Crippen LogP contribution is 1.69. The van der Waals surface area contributed by atoms with E-state index < -0.39 is 0 Å². The maximum absolute atomic E-state index is 9.82. The van der Waals surface area contributed by atoms with Crippen LogP contribution in [0.3, 0.4) is 0 Å². The van der Waals surface area contributed by atoms with Gasteiger partial charge in [-0.25, -0.2) is 0 Å². The van der Waals surface area contributed by atoms with Crippen molar-refractivity contribution < 1.29 is 4.79 Å². The Morgan fingerprint density at radius 1 is 1.50 bits per heavy atom. The van der Waals surface area contributed by atoms with E-state index in [4.69, 9.17) is 5.73 Å². The van der Waals surface area contributed by atoms with Gasteiger partial charge in [0.1, 0.15) is 0 Å². The predicted molar refractivity (Wildman–Crippen MR) is 46.8 cm³/mol. The summed E-state index contributed by atoms with van der Waals surface area (Å²) in [6.07, 6.45) is 0.856. The van der Waals surface area contributed by atoms with Crippen molar-refractivity contribution in [2.24, 2.45) is 5.73 Å². The molecule has 0 fully saturated rings. The Bertz CT molecular complexity index is 83.1. The normalized spacial score (nSPS) is 8.10. The summed E-state index contributed by atoms with van der Waals surface area (Å²) in [5, 5.41) is 0. The third kappa shape index (κ3) is 50.8. The molecule has 0 heterocycles. The number of carbonyl (C=O) groups is 1. The molecule has 0 aliphatic rings. The molecule has 0 aromatic carbocycles. The molecular formula is C6H17BN2O. The van der Waals surface area contributed by atoms with Crippen LogP contribution in [0.4, 0.5) is 4.79 Å². The maximum atomic E-state index is 9.82. The highest BCUT2D eigenvalue weighted by Gasteiger charge is 1.89. The van der Waals surface area contributed by atoms with Crippen molar-refractivity contribution in [3.05, 3.63) is 0 Å². The van der Waals surface area contributed by atoms with Crippen molar-refractivity contribution >= 4 is 13.1 Å². The average Bonchev–Trinajstić information content (AvgIpc) is 1.62. The number of hydrogen-bond acceptors (Lipinski definition) is 2. The molecular weight excluding hydrogens is 127 g/mol. The van der Waals surface area contributed by atoms with Crippen LogP contribution in [0, 0.1) is 0 Å². The van der Waals surface area contributed by atoms with Gasteiger partial charge in [0.25, 0.3) is 0 Å². The van der Waals surface area contributed by atoms with Crippen molar-refractivity contribution in [3.8, 4) is 0 Å². The number of hydrogen-bond donors (Lipinski definition) is 1. The molecule has 0 radical (unpaired) electrons. The summed E-state index contributed by atoms with van der Waals surface area (Å²) in [6, 6.07) is 0. The van der Waals surface area contributed by atoms with Crippen LogP contribution >= 0.6 is 0 Å². The Morgan fingerprint density at radius 3 is 1.80 bits per heavy atom. The standard InChI is InChI=1S/C3H8BNO.C3H9N/c1-2-4-3(5)6;1-4(2)3/h4H,2H2,1H3,(H2,5,6);1-3H3. The van der Waals surface area contributed by atoms with E-state index in [1.165, 1.54) is 0 Å². The van der Waals surface area contributed by atoms with Gasteiger partial charge in [0.15, 0.2) is 5.81 Å². The van der Waals surface area contributed by atoms with Crippen molar-refractivity contribution in [2.75, 3.05) is 21.1 Å². The second-order valence-corrected chi connectivity index (χ2v) is 2.56. The van der Waals surface area contributed by atoms with E-state index >= 15 is 0 Å². The van der Waals surface area contributed by atoms with Gasteiger partial charge in [-0.1, -0.05) is 13.2 Å². The first-order chi connectivity index (χ1) is 4.50.